The Labute approximate surface area is 171 Å². The first kappa shape index (κ1) is 21.7. The zero-order valence-electron chi connectivity index (χ0n) is 17.4. The molecule has 1 aliphatic carbocycles. The van der Waals surface area contributed by atoms with Crippen molar-refractivity contribution in [3.63, 3.8) is 0 Å². The summed E-state index contributed by atoms with van der Waals surface area (Å²) in [4.78, 5) is 31.4. The van der Waals surface area contributed by atoms with Crippen LogP contribution in [0.25, 0.3) is 0 Å². The predicted molar refractivity (Wildman–Crippen MR) is 108 cm³/mol. The second-order valence-corrected chi connectivity index (χ2v) is 8.20. The van der Waals surface area contributed by atoms with Gasteiger partial charge in [0.25, 0.3) is 5.91 Å². The van der Waals surface area contributed by atoms with Gasteiger partial charge in [-0.25, -0.2) is 8.78 Å². The van der Waals surface area contributed by atoms with Gasteiger partial charge in [-0.3, -0.25) is 14.5 Å². The number of benzene rings is 1. The van der Waals surface area contributed by atoms with Crippen LogP contribution in [0.5, 0.6) is 0 Å². The fourth-order valence-corrected chi connectivity index (χ4v) is 4.64. The van der Waals surface area contributed by atoms with Gasteiger partial charge in [0.1, 0.15) is 11.6 Å². The Morgan fingerprint density at radius 1 is 1.14 bits per heavy atom. The molecule has 7 heteroatoms. The summed E-state index contributed by atoms with van der Waals surface area (Å²) >= 11 is 0. The zero-order valence-corrected chi connectivity index (χ0v) is 17.4. The predicted octanol–water partition coefficient (Wildman–Crippen LogP) is 3.15. The van der Waals surface area contributed by atoms with Crippen LogP contribution in [-0.4, -0.2) is 72.3 Å². The topological polar surface area (TPSA) is 43.9 Å². The van der Waals surface area contributed by atoms with Crippen molar-refractivity contribution in [1.29, 1.82) is 0 Å². The normalized spacial score (nSPS) is 19.4. The highest BCUT2D eigenvalue weighted by Crippen LogP contribution is 2.32. The zero-order chi connectivity index (χ0) is 21.0. The summed E-state index contributed by atoms with van der Waals surface area (Å²) in [6, 6.07) is 2.89. The maximum absolute atomic E-state index is 14.0. The molecule has 1 saturated heterocycles. The second-order valence-electron chi connectivity index (χ2n) is 8.20. The first-order valence-electron chi connectivity index (χ1n) is 10.7. The molecule has 1 aromatic carbocycles. The van der Waals surface area contributed by atoms with Gasteiger partial charge >= 0.3 is 0 Å². The molecule has 0 spiro atoms. The first-order valence-corrected chi connectivity index (χ1v) is 10.7. The number of hydrogen-bond donors (Lipinski definition) is 0. The molecule has 0 bridgehead atoms. The molecule has 0 aromatic heterocycles. The molecule has 2 aliphatic rings. The Hall–Kier alpha value is -2.02. The van der Waals surface area contributed by atoms with Crippen molar-refractivity contribution in [3.05, 3.63) is 35.4 Å². The van der Waals surface area contributed by atoms with E-state index in [1.807, 2.05) is 11.9 Å². The molecule has 1 unspecified atom stereocenters. The van der Waals surface area contributed by atoms with Crippen LogP contribution in [0.4, 0.5) is 8.78 Å². The van der Waals surface area contributed by atoms with E-state index in [0.29, 0.717) is 32.1 Å². The maximum atomic E-state index is 14.0. The van der Waals surface area contributed by atoms with E-state index >= 15 is 0 Å². The van der Waals surface area contributed by atoms with Crippen LogP contribution in [0.3, 0.4) is 0 Å². The molecule has 1 aliphatic heterocycles. The number of nitrogens with zero attached hydrogens (tertiary/aromatic N) is 3. The monoisotopic (exact) mass is 407 g/mol. The Balaban J connectivity index is 1.67. The number of hydrogen-bond acceptors (Lipinski definition) is 3. The highest BCUT2D eigenvalue weighted by Gasteiger charge is 2.38. The van der Waals surface area contributed by atoms with Crippen molar-refractivity contribution in [2.24, 2.45) is 5.92 Å². The molecule has 5 nitrogen and oxygen atoms in total. The summed E-state index contributed by atoms with van der Waals surface area (Å²) in [6.45, 7) is 4.84. The van der Waals surface area contributed by atoms with Gasteiger partial charge in [-0.15, -0.1) is 0 Å². The number of likely N-dealkylation sites (N-methyl/N-ethyl adjacent to an activating group) is 1. The van der Waals surface area contributed by atoms with Crippen molar-refractivity contribution in [1.82, 2.24) is 14.7 Å². The van der Waals surface area contributed by atoms with Gasteiger partial charge < -0.3 is 9.80 Å². The molecule has 2 amide bonds. The van der Waals surface area contributed by atoms with Crippen LogP contribution < -0.4 is 0 Å². The van der Waals surface area contributed by atoms with E-state index < -0.39 is 17.5 Å². The summed E-state index contributed by atoms with van der Waals surface area (Å²) < 4.78 is 27.1. The SMILES string of the molecule is CCCN(C)C(=O)C(C1CCCC1)N1CCN(C(=O)c2ccc(F)cc2F)CC1. The Morgan fingerprint density at radius 2 is 1.79 bits per heavy atom. The Kier molecular flexibility index (Phi) is 7.22. The van der Waals surface area contributed by atoms with Gasteiger partial charge in [0.2, 0.25) is 5.91 Å². The fraction of sp³-hybridized carbons (Fsp3) is 0.636. The highest BCUT2D eigenvalue weighted by molar-refractivity contribution is 5.94. The lowest BCUT2D eigenvalue weighted by Gasteiger charge is -2.42. The lowest BCUT2D eigenvalue weighted by Crippen LogP contribution is -2.58. The molecule has 2 fully saturated rings. The van der Waals surface area contributed by atoms with E-state index in [4.69, 9.17) is 0 Å². The molecule has 1 atom stereocenters. The second kappa shape index (κ2) is 9.65. The van der Waals surface area contributed by atoms with E-state index in [9.17, 15) is 18.4 Å². The Morgan fingerprint density at radius 3 is 2.38 bits per heavy atom. The first-order chi connectivity index (χ1) is 13.9. The number of rotatable bonds is 6. The van der Waals surface area contributed by atoms with Gasteiger partial charge in [-0.1, -0.05) is 19.8 Å². The van der Waals surface area contributed by atoms with Crippen LogP contribution in [0.1, 0.15) is 49.4 Å². The number of amides is 2. The smallest absolute Gasteiger partial charge is 0.256 e. The van der Waals surface area contributed by atoms with E-state index in [1.54, 1.807) is 4.90 Å². The van der Waals surface area contributed by atoms with Crippen molar-refractivity contribution in [2.75, 3.05) is 39.8 Å². The lowest BCUT2D eigenvalue weighted by molar-refractivity contribution is -0.138. The summed E-state index contributed by atoms with van der Waals surface area (Å²) in [7, 11) is 1.87. The molecule has 1 heterocycles. The van der Waals surface area contributed by atoms with Crippen molar-refractivity contribution < 1.29 is 18.4 Å². The summed E-state index contributed by atoms with van der Waals surface area (Å²) in [5.74, 6) is -1.42. The minimum Gasteiger partial charge on any atom is -0.344 e. The molecule has 3 rings (SSSR count). The van der Waals surface area contributed by atoms with Gasteiger partial charge in [-0.2, -0.15) is 0 Å². The molecule has 29 heavy (non-hydrogen) atoms. The Bertz CT molecular complexity index is 729. The minimum atomic E-state index is -0.836. The molecule has 0 radical (unpaired) electrons. The molecule has 1 aromatic rings. The van der Waals surface area contributed by atoms with E-state index in [1.165, 1.54) is 6.07 Å². The third kappa shape index (κ3) is 4.94. The van der Waals surface area contributed by atoms with Gasteiger partial charge in [0.15, 0.2) is 0 Å². The summed E-state index contributed by atoms with van der Waals surface area (Å²) in [6.07, 6.45) is 5.38. The van der Waals surface area contributed by atoms with Crippen LogP contribution >= 0.6 is 0 Å². The fourth-order valence-electron chi connectivity index (χ4n) is 4.64. The van der Waals surface area contributed by atoms with Crippen LogP contribution in [0.15, 0.2) is 18.2 Å². The number of carbonyl (C=O) groups excluding carboxylic acids is 2. The van der Waals surface area contributed by atoms with Crippen LogP contribution in [0, 0.1) is 17.6 Å². The molecular weight excluding hydrogens is 376 g/mol. The molecule has 1 saturated carbocycles. The quantitative estimate of drug-likeness (QED) is 0.728. The van der Waals surface area contributed by atoms with Crippen molar-refractivity contribution >= 4 is 11.8 Å². The highest BCUT2D eigenvalue weighted by atomic mass is 19.1. The summed E-state index contributed by atoms with van der Waals surface area (Å²) in [5.41, 5.74) is -0.106. The third-order valence-corrected chi connectivity index (χ3v) is 6.19. The van der Waals surface area contributed by atoms with Crippen molar-refractivity contribution in [2.45, 2.75) is 45.1 Å². The number of piperazine rings is 1. The van der Waals surface area contributed by atoms with Gasteiger partial charge in [0, 0.05) is 45.8 Å². The third-order valence-electron chi connectivity index (χ3n) is 6.19. The molecule has 0 N–H and O–H groups in total. The van der Waals surface area contributed by atoms with E-state index in [2.05, 4.69) is 11.8 Å². The van der Waals surface area contributed by atoms with Crippen LogP contribution in [-0.2, 0) is 4.79 Å². The number of halogens is 2. The standard InChI is InChI=1S/C22H31F2N3O2/c1-3-10-25(2)22(29)20(16-6-4-5-7-16)26-11-13-27(14-12-26)21(28)18-9-8-17(23)15-19(18)24/h8-9,15-16,20H,3-7,10-14H2,1-2H3. The average Bonchev–Trinajstić information content (AvgIpc) is 3.22. The van der Waals surface area contributed by atoms with E-state index in [-0.39, 0.29) is 17.5 Å². The lowest BCUT2D eigenvalue weighted by atomic mass is 9.94. The number of carbonyl (C=O) groups is 2. The summed E-state index contributed by atoms with van der Waals surface area (Å²) in [5, 5.41) is 0. The van der Waals surface area contributed by atoms with Gasteiger partial charge in [-0.05, 0) is 37.3 Å². The largest absolute Gasteiger partial charge is 0.344 e. The van der Waals surface area contributed by atoms with Crippen molar-refractivity contribution in [3.8, 4) is 0 Å². The molecular formula is C22H31F2N3O2. The van der Waals surface area contributed by atoms with Gasteiger partial charge in [0.05, 0.1) is 11.6 Å². The molecule has 160 valence electrons. The average molecular weight is 408 g/mol. The van der Waals surface area contributed by atoms with Crippen LogP contribution in [0.2, 0.25) is 0 Å². The van der Waals surface area contributed by atoms with E-state index in [0.717, 1.165) is 50.8 Å². The maximum Gasteiger partial charge on any atom is 0.256 e. The minimum absolute atomic E-state index is 0.106.